The number of primary amides is 1. The van der Waals surface area contributed by atoms with Crippen LogP contribution < -0.4 is 48.3 Å². The number of hydrogen-bond donors (Lipinski definition) is 9. The van der Waals surface area contributed by atoms with Gasteiger partial charge in [0.2, 0.25) is 41.4 Å². The molecule has 9 rings (SSSR count). The molecule has 6 aliphatic rings. The number of carbonyl (C=O) groups excluding carboxylic acids is 8. The van der Waals surface area contributed by atoms with Crippen molar-refractivity contribution in [2.75, 3.05) is 36.9 Å². The molecule has 2 heterocycles. The molecule has 0 saturated heterocycles. The van der Waals surface area contributed by atoms with Gasteiger partial charge in [0.15, 0.2) is 0 Å². The molecule has 3 aromatic carbocycles. The Labute approximate surface area is 647 Å². The summed E-state index contributed by atoms with van der Waals surface area (Å²) in [6.45, 7) is 20.9. The Morgan fingerprint density at radius 1 is 0.633 bits per heavy atom. The van der Waals surface area contributed by atoms with Gasteiger partial charge in [0.1, 0.15) is 36.8 Å². The molecular formula is C80H117F6N10O10PS2. The quantitative estimate of drug-likeness (QED) is 0.00861. The average Bonchev–Trinajstić information content (AvgIpc) is 1.67. The molecule has 0 bridgehead atoms. The number of allylic oxidation sites excluding steroid dienone is 2. The second-order valence-electron chi connectivity index (χ2n) is 32.4. The molecule has 16 atom stereocenters. The summed E-state index contributed by atoms with van der Waals surface area (Å²) in [5, 5.41) is 24.3. The van der Waals surface area contributed by atoms with E-state index in [1.807, 2.05) is 56.3 Å². The molecule has 3 saturated carbocycles. The van der Waals surface area contributed by atoms with Crippen LogP contribution in [-0.4, -0.2) is 148 Å². The van der Waals surface area contributed by atoms with Crippen molar-refractivity contribution in [3.63, 3.8) is 0 Å². The summed E-state index contributed by atoms with van der Waals surface area (Å²) in [6.07, 6.45) is 18.2. The first-order valence-electron chi connectivity index (χ1n) is 38.9. The SMILES string of the molecule is CC(C)CCC[C@@H](C)[C@H]1CC[C@H]2[C@@H]3CC=C4C[C@H](SC[C@@H]5CC[N+]6=C(N[C@H](CSCC(=O)NCC(=O)N[C@@H](C)C(=O)N[C@H](C(=O)N[C@@H](CC(C)C)C(=O)N[C@@H](CC(N)=O)C(=O)N[C@@H](Cc7ccccc7)C(=O)OCc7ccccc7)[C@@H](C)OCc7ccccc7)CC6)N5)CC[C@]4(C)[C@H]3CC[C@]12C.F[P-](F)(F)(F)(F)F. The zero-order valence-electron chi connectivity index (χ0n) is 64.6. The molecule has 7 amide bonds. The van der Waals surface area contributed by atoms with Gasteiger partial charge >= 0.3 is 44.9 Å². The van der Waals surface area contributed by atoms with Gasteiger partial charge in [-0.25, -0.2) is 4.79 Å². The summed E-state index contributed by atoms with van der Waals surface area (Å²) in [4.78, 5) is 110. The van der Waals surface area contributed by atoms with E-state index in [-0.39, 0.29) is 56.2 Å². The Balaban J connectivity index is 0.00000203. The molecule has 3 aromatic rings. The number of halogens is 6. The van der Waals surface area contributed by atoms with Gasteiger partial charge < -0.3 is 47.1 Å². The van der Waals surface area contributed by atoms with Gasteiger partial charge in [-0.1, -0.05) is 170 Å². The summed E-state index contributed by atoms with van der Waals surface area (Å²) in [7, 11) is -10.7. The summed E-state index contributed by atoms with van der Waals surface area (Å²) >= 11 is 3.68. The molecule has 29 heteroatoms. The number of thioether (sulfide) groups is 2. The summed E-state index contributed by atoms with van der Waals surface area (Å²) in [5.74, 6) is 1.96. The van der Waals surface area contributed by atoms with E-state index in [1.165, 1.54) is 89.3 Å². The van der Waals surface area contributed by atoms with Crippen molar-refractivity contribution < 1.29 is 77.6 Å². The first kappa shape index (κ1) is 87.7. The first-order chi connectivity index (χ1) is 51.3. The number of nitrogens with two attached hydrogens (primary N) is 1. The standard InChI is InChI=1S/C80H116N10O10S2.F6P/c1-50(2)20-19-21-52(5)63-30-31-64-62-29-28-58-42-61(32-36-79(58,8)65(62)33-37-80(63,64)9)102-48-60-35-39-90-38-34-59(84-78(90)85-60)47-101-49-71(93)82-44-70(92)83-53(6)73(94)89-72(54(7)99-45-56-24-15-11-16-25-56)76(97)87-66(40-51(3)4)74(95)86-67(43-69(81)91)75(96)88-68(41-55-22-13-10-14-23-55)77(98)100-46-57-26-17-12-18-27-57;1-7(2,3,4,5)6/h10-18,22-28,50-54,59-68,72H,19-21,29-49H2,1-9H3,(H9,81,82,83,84,85,86,87,88,89,91,92,93,94,95,96,97);/q;-1/p+1/t52-,53+,54-,59+,60+,61-,62+,63-,64+,65+,66+,67+,68+,72+,79+,80-;/m1./s1. The van der Waals surface area contributed by atoms with Crippen LogP contribution in [0, 0.1) is 52.3 Å². The van der Waals surface area contributed by atoms with Gasteiger partial charge in [0, 0.05) is 36.0 Å². The number of ether oxygens (including phenoxy) is 2. The second kappa shape index (κ2) is 38.6. The van der Waals surface area contributed by atoms with Crippen LogP contribution in [0.4, 0.5) is 25.2 Å². The Kier molecular flexibility index (Phi) is 31.0. The third-order valence-corrected chi connectivity index (χ3v) is 25.5. The van der Waals surface area contributed by atoms with E-state index in [9.17, 15) is 63.5 Å². The molecule has 0 unspecified atom stereocenters. The second-order valence-corrected chi connectivity index (χ2v) is 36.7. The summed E-state index contributed by atoms with van der Waals surface area (Å²) in [5.41, 5.74) is 10.5. The monoisotopic (exact) mass is 1590 g/mol. The van der Waals surface area contributed by atoms with Crippen LogP contribution in [0.5, 0.6) is 0 Å². The van der Waals surface area contributed by atoms with Crippen molar-refractivity contribution in [1.82, 2.24) is 42.5 Å². The van der Waals surface area contributed by atoms with Crippen LogP contribution in [0.15, 0.2) is 103 Å². The van der Waals surface area contributed by atoms with Gasteiger partial charge in [-0.05, 0) is 141 Å². The molecule has 0 aromatic heterocycles. The number of nitrogens with one attached hydrogen (secondary N) is 8. The van der Waals surface area contributed by atoms with Gasteiger partial charge in [0.05, 0.1) is 56.6 Å². The molecule has 3 fully saturated rings. The van der Waals surface area contributed by atoms with Crippen molar-refractivity contribution in [2.45, 2.75) is 232 Å². The third-order valence-electron chi connectivity index (χ3n) is 22.9. The fraction of sp³-hybridized carbons (Fsp3) is 0.637. The number of benzene rings is 3. The Hall–Kier alpha value is -6.90. The van der Waals surface area contributed by atoms with Crippen molar-refractivity contribution >= 4 is 84.6 Å². The third kappa shape index (κ3) is 27.8. The fourth-order valence-corrected chi connectivity index (χ4v) is 19.5. The van der Waals surface area contributed by atoms with Crippen molar-refractivity contribution in [1.29, 1.82) is 0 Å². The van der Waals surface area contributed by atoms with E-state index < -0.39 is 92.0 Å². The van der Waals surface area contributed by atoms with Crippen LogP contribution in [0.2, 0.25) is 0 Å². The number of guanidine groups is 1. The minimum absolute atomic E-state index is 0.0220. The van der Waals surface area contributed by atoms with Crippen molar-refractivity contribution in [3.05, 3.63) is 119 Å². The van der Waals surface area contributed by atoms with E-state index >= 15 is 0 Å². The molecule has 606 valence electrons. The number of esters is 1. The predicted octanol–water partition coefficient (Wildman–Crippen LogP) is 12.4. The molecular weight excluding hydrogens is 1470 g/mol. The molecule has 0 radical (unpaired) electrons. The average molecular weight is 1590 g/mol. The predicted molar refractivity (Wildman–Crippen MR) is 417 cm³/mol. The number of hydrogen-bond acceptors (Lipinski definition) is 14. The van der Waals surface area contributed by atoms with Crippen LogP contribution in [0.3, 0.4) is 0 Å². The van der Waals surface area contributed by atoms with Crippen LogP contribution in [-0.2, 0) is 67.5 Å². The summed E-state index contributed by atoms with van der Waals surface area (Å²) in [6, 6.07) is 20.9. The van der Waals surface area contributed by atoms with Crippen LogP contribution in [0.25, 0.3) is 0 Å². The van der Waals surface area contributed by atoms with Crippen LogP contribution in [0.1, 0.15) is 175 Å². The van der Waals surface area contributed by atoms with Gasteiger partial charge in [-0.2, -0.15) is 11.8 Å². The van der Waals surface area contributed by atoms with E-state index in [4.69, 9.17) is 15.2 Å². The van der Waals surface area contributed by atoms with Crippen molar-refractivity contribution in [3.8, 4) is 0 Å². The Morgan fingerprint density at radius 2 is 1.22 bits per heavy atom. The van der Waals surface area contributed by atoms with E-state index in [2.05, 4.69) is 99.6 Å². The molecule has 109 heavy (non-hydrogen) atoms. The molecule has 20 nitrogen and oxygen atoms in total. The van der Waals surface area contributed by atoms with Gasteiger partial charge in [0.25, 0.3) is 0 Å². The van der Waals surface area contributed by atoms with E-state index in [1.54, 1.807) is 61.0 Å². The number of carbonyl (C=O) groups is 8. The number of rotatable bonds is 36. The van der Waals surface area contributed by atoms with E-state index in [0.29, 0.717) is 33.4 Å². The zero-order valence-corrected chi connectivity index (χ0v) is 67.1. The van der Waals surface area contributed by atoms with Gasteiger partial charge in [-0.3, -0.25) is 48.8 Å². The first-order valence-corrected chi connectivity index (χ1v) is 43.1. The number of amides is 7. The van der Waals surface area contributed by atoms with E-state index in [0.717, 1.165) is 84.3 Å². The normalized spacial score (nSPS) is 25.5. The maximum atomic E-state index is 14.5. The van der Waals surface area contributed by atoms with Gasteiger partial charge in [-0.15, -0.1) is 11.8 Å². The zero-order chi connectivity index (χ0) is 79.5. The maximum absolute atomic E-state index is 14.5. The van der Waals surface area contributed by atoms with Crippen LogP contribution >= 0.6 is 31.3 Å². The fourth-order valence-electron chi connectivity index (χ4n) is 17.3. The number of fused-ring (bicyclic) bond motifs is 5. The Morgan fingerprint density at radius 3 is 1.83 bits per heavy atom. The topological polar surface area (TPSA) is 280 Å². The molecule has 10 N–H and O–H groups in total. The molecule has 0 spiro atoms. The van der Waals surface area contributed by atoms with Crippen molar-refractivity contribution in [2.24, 2.45) is 58.0 Å². The summed E-state index contributed by atoms with van der Waals surface area (Å²) < 4.78 is 73.4. The minimum atomic E-state index is -10.7. The Bertz CT molecular complexity index is 3640. The molecule has 4 aliphatic carbocycles. The molecule has 2 aliphatic heterocycles. The number of nitrogens with zero attached hydrogens (tertiary/aromatic N) is 1.